The SMILES string of the molecule is Nc1c(O)ccc2c1CN(C1CCC(=O)NC1=O)C2. The van der Waals surface area contributed by atoms with Crippen LogP contribution in [0, 0.1) is 0 Å². The lowest BCUT2D eigenvalue weighted by Crippen LogP contribution is -2.50. The smallest absolute Gasteiger partial charge is 0.243 e. The number of anilines is 1. The molecule has 1 fully saturated rings. The second-order valence-electron chi connectivity index (χ2n) is 5.01. The van der Waals surface area contributed by atoms with E-state index in [9.17, 15) is 14.7 Å². The fourth-order valence-corrected chi connectivity index (χ4v) is 2.76. The number of hydrogen-bond acceptors (Lipinski definition) is 5. The van der Waals surface area contributed by atoms with Gasteiger partial charge in [-0.25, -0.2) is 0 Å². The summed E-state index contributed by atoms with van der Waals surface area (Å²) in [5.41, 5.74) is 8.14. The first-order valence-electron chi connectivity index (χ1n) is 6.23. The Morgan fingerprint density at radius 3 is 2.84 bits per heavy atom. The van der Waals surface area contributed by atoms with Crippen LogP contribution in [0.15, 0.2) is 12.1 Å². The van der Waals surface area contributed by atoms with E-state index in [1.54, 1.807) is 6.07 Å². The van der Waals surface area contributed by atoms with Gasteiger partial charge in [-0.05, 0) is 23.6 Å². The van der Waals surface area contributed by atoms with Crippen molar-refractivity contribution < 1.29 is 14.7 Å². The van der Waals surface area contributed by atoms with Crippen molar-refractivity contribution in [2.24, 2.45) is 0 Å². The van der Waals surface area contributed by atoms with Gasteiger partial charge in [0.05, 0.1) is 11.7 Å². The van der Waals surface area contributed by atoms with Crippen LogP contribution in [0.25, 0.3) is 0 Å². The van der Waals surface area contributed by atoms with E-state index in [-0.39, 0.29) is 23.6 Å². The molecule has 4 N–H and O–H groups in total. The highest BCUT2D eigenvalue weighted by atomic mass is 16.3. The molecule has 1 atom stereocenters. The van der Waals surface area contributed by atoms with Crippen molar-refractivity contribution in [1.82, 2.24) is 10.2 Å². The summed E-state index contributed by atoms with van der Waals surface area (Å²) in [6, 6.07) is 3.10. The molecule has 0 aromatic heterocycles. The monoisotopic (exact) mass is 261 g/mol. The normalized spacial score (nSPS) is 23.3. The number of rotatable bonds is 1. The zero-order valence-electron chi connectivity index (χ0n) is 10.3. The summed E-state index contributed by atoms with van der Waals surface area (Å²) in [5.74, 6) is -0.383. The van der Waals surface area contributed by atoms with Crippen molar-refractivity contribution in [3.05, 3.63) is 23.3 Å². The van der Waals surface area contributed by atoms with Gasteiger partial charge in [-0.2, -0.15) is 0 Å². The summed E-state index contributed by atoms with van der Waals surface area (Å²) in [6.07, 6.45) is 0.897. The van der Waals surface area contributed by atoms with Gasteiger partial charge >= 0.3 is 0 Å². The molecule has 1 aromatic carbocycles. The van der Waals surface area contributed by atoms with Crippen LogP contribution in [0.5, 0.6) is 5.75 Å². The lowest BCUT2D eigenvalue weighted by Gasteiger charge is -2.29. The molecule has 2 aliphatic rings. The first-order valence-corrected chi connectivity index (χ1v) is 6.23. The zero-order chi connectivity index (χ0) is 13.6. The second kappa shape index (κ2) is 4.24. The van der Waals surface area contributed by atoms with Gasteiger partial charge in [0, 0.05) is 19.5 Å². The summed E-state index contributed by atoms with van der Waals surface area (Å²) < 4.78 is 0. The molecule has 2 amide bonds. The Kier molecular flexibility index (Phi) is 2.67. The van der Waals surface area contributed by atoms with Gasteiger partial charge in [0.25, 0.3) is 0 Å². The van der Waals surface area contributed by atoms with Crippen LogP contribution in [0.3, 0.4) is 0 Å². The molecule has 2 aliphatic heterocycles. The number of amides is 2. The number of hydrogen-bond donors (Lipinski definition) is 3. The number of benzene rings is 1. The van der Waals surface area contributed by atoms with Gasteiger partial charge in [-0.1, -0.05) is 6.07 Å². The summed E-state index contributed by atoms with van der Waals surface area (Å²) >= 11 is 0. The average molecular weight is 261 g/mol. The van der Waals surface area contributed by atoms with E-state index in [1.165, 1.54) is 0 Å². The number of aromatic hydroxyl groups is 1. The van der Waals surface area contributed by atoms with E-state index in [0.717, 1.165) is 11.1 Å². The van der Waals surface area contributed by atoms with E-state index in [0.29, 0.717) is 31.6 Å². The number of nitrogens with one attached hydrogen (secondary N) is 1. The molecule has 0 saturated carbocycles. The van der Waals surface area contributed by atoms with Crippen LogP contribution in [0.4, 0.5) is 5.69 Å². The highest BCUT2D eigenvalue weighted by molar-refractivity contribution is 6.00. The minimum atomic E-state index is -0.299. The third-order valence-electron chi connectivity index (χ3n) is 3.82. The van der Waals surface area contributed by atoms with Crippen LogP contribution in [0.2, 0.25) is 0 Å². The third-order valence-corrected chi connectivity index (χ3v) is 3.82. The Morgan fingerprint density at radius 1 is 1.32 bits per heavy atom. The van der Waals surface area contributed by atoms with Crippen LogP contribution in [-0.4, -0.2) is 27.9 Å². The summed E-state index contributed by atoms with van der Waals surface area (Å²) in [7, 11) is 0. The van der Waals surface area contributed by atoms with Crippen molar-refractivity contribution in [3.63, 3.8) is 0 Å². The Morgan fingerprint density at radius 2 is 2.11 bits per heavy atom. The van der Waals surface area contributed by atoms with Crippen molar-refractivity contribution in [2.45, 2.75) is 32.0 Å². The Labute approximate surface area is 110 Å². The molecule has 19 heavy (non-hydrogen) atoms. The van der Waals surface area contributed by atoms with Crippen LogP contribution < -0.4 is 11.1 Å². The van der Waals surface area contributed by atoms with E-state index in [1.807, 2.05) is 11.0 Å². The molecular formula is C13H15N3O3. The summed E-state index contributed by atoms with van der Waals surface area (Å²) in [5, 5.41) is 12.0. The average Bonchev–Trinajstić information content (AvgIpc) is 2.78. The van der Waals surface area contributed by atoms with E-state index < -0.39 is 0 Å². The third kappa shape index (κ3) is 1.94. The number of nitrogen functional groups attached to an aromatic ring is 1. The summed E-state index contributed by atoms with van der Waals surface area (Å²) in [6.45, 7) is 1.15. The quantitative estimate of drug-likeness (QED) is 0.378. The van der Waals surface area contributed by atoms with Crippen LogP contribution in [-0.2, 0) is 22.7 Å². The number of imide groups is 1. The lowest BCUT2D eigenvalue weighted by atomic mass is 10.0. The predicted octanol–water partition coefficient (Wildman–Crippen LogP) is 0.0952. The standard InChI is InChI=1S/C13H15N3O3/c14-12-8-6-16(5-7(8)1-3-10(12)17)9-2-4-11(18)15-13(9)19/h1,3,9,17H,2,4-6,14H2,(H,15,18,19). The highest BCUT2D eigenvalue weighted by Gasteiger charge is 2.35. The first kappa shape index (κ1) is 12.0. The summed E-state index contributed by atoms with van der Waals surface area (Å²) in [4.78, 5) is 25.0. The number of carbonyl (C=O) groups excluding carboxylic acids is 2. The minimum Gasteiger partial charge on any atom is -0.506 e. The molecule has 1 saturated heterocycles. The molecule has 0 spiro atoms. The molecule has 6 nitrogen and oxygen atoms in total. The molecule has 100 valence electrons. The number of nitrogens with two attached hydrogens (primary N) is 1. The molecule has 0 bridgehead atoms. The van der Waals surface area contributed by atoms with Crippen molar-refractivity contribution in [1.29, 1.82) is 0 Å². The van der Waals surface area contributed by atoms with E-state index in [4.69, 9.17) is 5.73 Å². The lowest BCUT2D eigenvalue weighted by molar-refractivity contribution is -0.137. The van der Waals surface area contributed by atoms with E-state index >= 15 is 0 Å². The topological polar surface area (TPSA) is 95.7 Å². The van der Waals surface area contributed by atoms with Gasteiger partial charge < -0.3 is 10.8 Å². The molecule has 1 aromatic rings. The van der Waals surface area contributed by atoms with Crippen molar-refractivity contribution in [2.75, 3.05) is 5.73 Å². The number of nitrogens with zero attached hydrogens (tertiary/aromatic N) is 1. The molecule has 3 rings (SSSR count). The fraction of sp³-hybridized carbons (Fsp3) is 0.385. The highest BCUT2D eigenvalue weighted by Crippen LogP contribution is 2.35. The first-order chi connectivity index (χ1) is 9.06. The molecule has 2 heterocycles. The fourth-order valence-electron chi connectivity index (χ4n) is 2.76. The molecule has 1 unspecified atom stereocenters. The largest absolute Gasteiger partial charge is 0.506 e. The maximum absolute atomic E-state index is 11.8. The molecular weight excluding hydrogens is 246 g/mol. The van der Waals surface area contributed by atoms with Crippen LogP contribution in [0.1, 0.15) is 24.0 Å². The van der Waals surface area contributed by atoms with Gasteiger partial charge in [0.15, 0.2) is 0 Å². The Hall–Kier alpha value is -2.08. The molecule has 0 aliphatic carbocycles. The van der Waals surface area contributed by atoms with Gasteiger partial charge in [-0.3, -0.25) is 19.8 Å². The van der Waals surface area contributed by atoms with Crippen LogP contribution >= 0.6 is 0 Å². The Balaban J connectivity index is 1.82. The maximum Gasteiger partial charge on any atom is 0.243 e. The number of piperidine rings is 1. The number of phenols is 1. The van der Waals surface area contributed by atoms with Gasteiger partial charge in [-0.15, -0.1) is 0 Å². The maximum atomic E-state index is 11.8. The minimum absolute atomic E-state index is 0.0730. The number of phenolic OH excluding ortho intramolecular Hbond substituents is 1. The molecule has 0 radical (unpaired) electrons. The van der Waals surface area contributed by atoms with E-state index in [2.05, 4.69) is 5.32 Å². The van der Waals surface area contributed by atoms with Crippen molar-refractivity contribution >= 4 is 17.5 Å². The Bertz CT molecular complexity index is 570. The van der Waals surface area contributed by atoms with Gasteiger partial charge in [0.1, 0.15) is 5.75 Å². The van der Waals surface area contributed by atoms with Crippen molar-refractivity contribution in [3.8, 4) is 5.75 Å². The molecule has 6 heteroatoms. The second-order valence-corrected chi connectivity index (χ2v) is 5.01. The number of carbonyl (C=O) groups is 2. The predicted molar refractivity (Wildman–Crippen MR) is 67.9 cm³/mol. The van der Waals surface area contributed by atoms with Gasteiger partial charge in [0.2, 0.25) is 11.8 Å². The zero-order valence-corrected chi connectivity index (χ0v) is 10.3. The number of fused-ring (bicyclic) bond motifs is 1.